The Kier molecular flexibility index (Phi) is 3.84. The minimum atomic E-state index is -0.611. The third-order valence-electron chi connectivity index (χ3n) is 3.37. The molecular formula is C13H19NO3. The summed E-state index contributed by atoms with van der Waals surface area (Å²) in [7, 11) is 0. The van der Waals surface area contributed by atoms with E-state index in [2.05, 4.69) is 0 Å². The summed E-state index contributed by atoms with van der Waals surface area (Å²) in [6.45, 7) is 2.70. The van der Waals surface area contributed by atoms with E-state index >= 15 is 0 Å². The van der Waals surface area contributed by atoms with Crippen molar-refractivity contribution in [1.29, 1.82) is 0 Å². The lowest BCUT2D eigenvalue weighted by Gasteiger charge is -2.25. The lowest BCUT2D eigenvalue weighted by molar-refractivity contribution is -0.132. The standard InChI is InChI=1S/C13H19NO3/c1-2-13(16)14-7-3-5-10(14)9-11(15)12-6-4-8-17-12/h4,6,8,10-11,15H,2-3,5,7,9H2,1H3. The molecule has 4 nitrogen and oxygen atoms in total. The van der Waals surface area contributed by atoms with Gasteiger partial charge in [0, 0.05) is 25.4 Å². The van der Waals surface area contributed by atoms with E-state index in [-0.39, 0.29) is 11.9 Å². The average Bonchev–Trinajstić information content (AvgIpc) is 2.98. The van der Waals surface area contributed by atoms with Gasteiger partial charge in [-0.25, -0.2) is 0 Å². The summed E-state index contributed by atoms with van der Waals surface area (Å²) in [6.07, 6.45) is 4.06. The van der Waals surface area contributed by atoms with Crippen molar-refractivity contribution in [1.82, 2.24) is 4.90 Å². The average molecular weight is 237 g/mol. The van der Waals surface area contributed by atoms with Crippen LogP contribution in [0.5, 0.6) is 0 Å². The molecular weight excluding hydrogens is 218 g/mol. The number of likely N-dealkylation sites (tertiary alicyclic amines) is 1. The Morgan fingerprint density at radius 3 is 3.18 bits per heavy atom. The van der Waals surface area contributed by atoms with Crippen LogP contribution in [0.1, 0.15) is 44.5 Å². The van der Waals surface area contributed by atoms with Crippen LogP contribution in [0.3, 0.4) is 0 Å². The molecule has 1 N–H and O–H groups in total. The molecule has 17 heavy (non-hydrogen) atoms. The Morgan fingerprint density at radius 2 is 2.53 bits per heavy atom. The number of amides is 1. The first-order valence-corrected chi connectivity index (χ1v) is 6.23. The molecule has 0 aliphatic carbocycles. The Hall–Kier alpha value is -1.29. The van der Waals surface area contributed by atoms with E-state index in [1.807, 2.05) is 11.8 Å². The molecule has 2 atom stereocenters. The second-order valence-electron chi connectivity index (χ2n) is 4.50. The predicted octanol–water partition coefficient (Wildman–Crippen LogP) is 2.10. The molecule has 4 heteroatoms. The zero-order valence-corrected chi connectivity index (χ0v) is 10.1. The van der Waals surface area contributed by atoms with Crippen LogP contribution in [0.4, 0.5) is 0 Å². The van der Waals surface area contributed by atoms with Gasteiger partial charge in [-0.1, -0.05) is 6.92 Å². The smallest absolute Gasteiger partial charge is 0.222 e. The Bertz CT molecular complexity index is 361. The van der Waals surface area contributed by atoms with E-state index in [9.17, 15) is 9.90 Å². The van der Waals surface area contributed by atoms with Gasteiger partial charge in [0.25, 0.3) is 0 Å². The maximum absolute atomic E-state index is 11.7. The quantitative estimate of drug-likeness (QED) is 0.872. The zero-order chi connectivity index (χ0) is 12.3. The minimum absolute atomic E-state index is 0.155. The van der Waals surface area contributed by atoms with Crippen LogP contribution >= 0.6 is 0 Å². The maximum Gasteiger partial charge on any atom is 0.222 e. The van der Waals surface area contributed by atoms with Crippen LogP contribution < -0.4 is 0 Å². The van der Waals surface area contributed by atoms with Crippen molar-refractivity contribution in [2.75, 3.05) is 6.54 Å². The first-order valence-electron chi connectivity index (χ1n) is 6.23. The van der Waals surface area contributed by atoms with Crippen LogP contribution in [0.15, 0.2) is 22.8 Å². The SMILES string of the molecule is CCC(=O)N1CCCC1CC(O)c1ccco1. The highest BCUT2D eigenvalue weighted by Gasteiger charge is 2.30. The van der Waals surface area contributed by atoms with E-state index < -0.39 is 6.10 Å². The first kappa shape index (κ1) is 12.2. The topological polar surface area (TPSA) is 53.7 Å². The van der Waals surface area contributed by atoms with Gasteiger partial charge in [0.2, 0.25) is 5.91 Å². The maximum atomic E-state index is 11.7. The molecule has 1 aromatic heterocycles. The summed E-state index contributed by atoms with van der Waals surface area (Å²) >= 11 is 0. The number of rotatable bonds is 4. The molecule has 1 aliphatic rings. The molecule has 1 amide bonds. The summed E-state index contributed by atoms with van der Waals surface area (Å²) in [5.74, 6) is 0.764. The van der Waals surface area contributed by atoms with Gasteiger partial charge in [-0.15, -0.1) is 0 Å². The Labute approximate surface area is 101 Å². The summed E-state index contributed by atoms with van der Waals surface area (Å²) in [5, 5.41) is 10.0. The predicted molar refractivity (Wildman–Crippen MR) is 63.3 cm³/mol. The summed E-state index contributed by atoms with van der Waals surface area (Å²) in [4.78, 5) is 13.6. The summed E-state index contributed by atoms with van der Waals surface area (Å²) in [5.41, 5.74) is 0. The van der Waals surface area contributed by atoms with Gasteiger partial charge >= 0.3 is 0 Å². The van der Waals surface area contributed by atoms with Crippen molar-refractivity contribution in [2.24, 2.45) is 0 Å². The second-order valence-corrected chi connectivity index (χ2v) is 4.50. The molecule has 1 aliphatic heterocycles. The van der Waals surface area contributed by atoms with Crippen molar-refractivity contribution in [2.45, 2.75) is 44.8 Å². The zero-order valence-electron chi connectivity index (χ0n) is 10.1. The number of carbonyl (C=O) groups is 1. The summed E-state index contributed by atoms with van der Waals surface area (Å²) < 4.78 is 5.17. The molecule has 94 valence electrons. The molecule has 2 unspecified atom stereocenters. The fourth-order valence-electron chi connectivity index (χ4n) is 2.47. The van der Waals surface area contributed by atoms with Crippen LogP contribution in [-0.2, 0) is 4.79 Å². The lowest BCUT2D eigenvalue weighted by atomic mass is 10.1. The minimum Gasteiger partial charge on any atom is -0.467 e. The number of hydrogen-bond acceptors (Lipinski definition) is 3. The van der Waals surface area contributed by atoms with E-state index in [1.54, 1.807) is 18.4 Å². The number of aliphatic hydroxyl groups is 1. The van der Waals surface area contributed by atoms with Crippen molar-refractivity contribution in [3.8, 4) is 0 Å². The number of nitrogens with zero attached hydrogens (tertiary/aromatic N) is 1. The second kappa shape index (κ2) is 5.36. The molecule has 1 fully saturated rings. The normalized spacial score (nSPS) is 21.8. The van der Waals surface area contributed by atoms with Crippen LogP contribution in [0.25, 0.3) is 0 Å². The molecule has 2 rings (SSSR count). The fraction of sp³-hybridized carbons (Fsp3) is 0.615. The van der Waals surface area contributed by atoms with Gasteiger partial charge in [-0.2, -0.15) is 0 Å². The molecule has 1 saturated heterocycles. The Balaban J connectivity index is 1.96. The van der Waals surface area contributed by atoms with Gasteiger partial charge in [0.05, 0.1) is 6.26 Å². The Morgan fingerprint density at radius 1 is 1.71 bits per heavy atom. The first-order chi connectivity index (χ1) is 8.22. The summed E-state index contributed by atoms with van der Waals surface area (Å²) in [6, 6.07) is 3.69. The van der Waals surface area contributed by atoms with Gasteiger partial charge in [-0.05, 0) is 25.0 Å². The van der Waals surface area contributed by atoms with Crippen molar-refractivity contribution in [3.05, 3.63) is 24.2 Å². The third-order valence-corrected chi connectivity index (χ3v) is 3.37. The highest BCUT2D eigenvalue weighted by Crippen LogP contribution is 2.27. The number of hydrogen-bond donors (Lipinski definition) is 1. The highest BCUT2D eigenvalue weighted by atomic mass is 16.4. The van der Waals surface area contributed by atoms with Gasteiger partial charge in [0.1, 0.15) is 11.9 Å². The van der Waals surface area contributed by atoms with Crippen LogP contribution in [-0.4, -0.2) is 28.5 Å². The molecule has 0 aromatic carbocycles. The molecule has 0 radical (unpaired) electrons. The fourth-order valence-corrected chi connectivity index (χ4v) is 2.47. The van der Waals surface area contributed by atoms with Crippen molar-refractivity contribution < 1.29 is 14.3 Å². The number of furan rings is 1. The number of carbonyl (C=O) groups excluding carboxylic acids is 1. The van der Waals surface area contributed by atoms with Crippen molar-refractivity contribution in [3.63, 3.8) is 0 Å². The van der Waals surface area contributed by atoms with E-state index in [0.717, 1.165) is 19.4 Å². The highest BCUT2D eigenvalue weighted by molar-refractivity contribution is 5.76. The molecule has 0 saturated carbocycles. The van der Waals surface area contributed by atoms with E-state index in [0.29, 0.717) is 18.6 Å². The third kappa shape index (κ3) is 2.69. The van der Waals surface area contributed by atoms with Crippen molar-refractivity contribution >= 4 is 5.91 Å². The molecule has 1 aromatic rings. The van der Waals surface area contributed by atoms with Gasteiger partial charge < -0.3 is 14.4 Å². The molecule has 0 bridgehead atoms. The van der Waals surface area contributed by atoms with Crippen LogP contribution in [0, 0.1) is 0 Å². The van der Waals surface area contributed by atoms with Gasteiger partial charge in [-0.3, -0.25) is 4.79 Å². The molecule has 0 spiro atoms. The van der Waals surface area contributed by atoms with E-state index in [1.165, 1.54) is 0 Å². The largest absolute Gasteiger partial charge is 0.467 e. The number of aliphatic hydroxyl groups excluding tert-OH is 1. The van der Waals surface area contributed by atoms with Gasteiger partial charge in [0.15, 0.2) is 0 Å². The molecule has 2 heterocycles. The lowest BCUT2D eigenvalue weighted by Crippen LogP contribution is -2.35. The van der Waals surface area contributed by atoms with E-state index in [4.69, 9.17) is 4.42 Å². The van der Waals surface area contributed by atoms with Crippen LogP contribution in [0.2, 0.25) is 0 Å². The monoisotopic (exact) mass is 237 g/mol.